The van der Waals surface area contributed by atoms with Crippen molar-refractivity contribution in [1.82, 2.24) is 0 Å². The van der Waals surface area contributed by atoms with Crippen LogP contribution in [0.15, 0.2) is 33.7 Å². The van der Waals surface area contributed by atoms with E-state index < -0.39 is 0 Å². The molecule has 0 aliphatic heterocycles. The second-order valence-electron chi connectivity index (χ2n) is 3.18. The van der Waals surface area contributed by atoms with Crippen molar-refractivity contribution >= 4 is 22.0 Å². The van der Waals surface area contributed by atoms with Gasteiger partial charge in [0.25, 0.3) is 0 Å². The molecule has 0 radical (unpaired) electrons. The van der Waals surface area contributed by atoms with Crippen molar-refractivity contribution in [2.75, 3.05) is 0 Å². The molecular formula is C10H8BrNO. The monoisotopic (exact) mass is 237 g/mol. The predicted molar refractivity (Wildman–Crippen MR) is 53.4 cm³/mol. The molecule has 66 valence electrons. The molecule has 0 aromatic heterocycles. The molecule has 2 nitrogen and oxygen atoms in total. The third-order valence-corrected chi connectivity index (χ3v) is 2.75. The number of halogens is 1. The van der Waals surface area contributed by atoms with Gasteiger partial charge in [-0.25, -0.2) is 9.79 Å². The number of rotatable bonds is 2. The first kappa shape index (κ1) is 8.67. The molecular weight excluding hydrogens is 230 g/mol. The molecule has 1 aliphatic rings. The lowest BCUT2D eigenvalue weighted by Gasteiger charge is -1.97. The Balaban J connectivity index is 2.16. The molecule has 0 amide bonds. The van der Waals surface area contributed by atoms with E-state index in [9.17, 15) is 4.79 Å². The summed E-state index contributed by atoms with van der Waals surface area (Å²) < 4.78 is 1.07. The lowest BCUT2D eigenvalue weighted by atomic mass is 10.1. The standard InChI is InChI=1S/C10H8BrNO/c11-8-3-1-2-7(4-8)9-5-10(9)12-6-13/h1-4,9-10H,5H2. The number of hydrogen-bond acceptors (Lipinski definition) is 2. The fourth-order valence-electron chi connectivity index (χ4n) is 1.49. The van der Waals surface area contributed by atoms with Gasteiger partial charge in [-0.1, -0.05) is 28.1 Å². The third kappa shape index (κ3) is 1.87. The normalized spacial score (nSPS) is 25.0. The van der Waals surface area contributed by atoms with E-state index in [0.29, 0.717) is 5.92 Å². The summed E-state index contributed by atoms with van der Waals surface area (Å²) in [5.74, 6) is 0.430. The second-order valence-corrected chi connectivity index (χ2v) is 4.10. The summed E-state index contributed by atoms with van der Waals surface area (Å²) in [6.45, 7) is 0. The Kier molecular flexibility index (Phi) is 2.30. The average Bonchev–Trinajstić information content (AvgIpc) is 2.85. The van der Waals surface area contributed by atoms with Crippen LogP contribution in [-0.4, -0.2) is 12.1 Å². The topological polar surface area (TPSA) is 29.4 Å². The van der Waals surface area contributed by atoms with Gasteiger partial charge in [-0.3, -0.25) is 0 Å². The molecule has 0 N–H and O–H groups in total. The Bertz CT molecular complexity index is 371. The molecule has 2 rings (SSSR count). The summed E-state index contributed by atoms with van der Waals surface area (Å²) in [5, 5.41) is 0. The van der Waals surface area contributed by atoms with Crippen molar-refractivity contribution in [3.63, 3.8) is 0 Å². The summed E-state index contributed by atoms with van der Waals surface area (Å²) in [4.78, 5) is 13.7. The first-order chi connectivity index (χ1) is 6.31. The summed E-state index contributed by atoms with van der Waals surface area (Å²) in [6, 6.07) is 8.30. The van der Waals surface area contributed by atoms with Crippen LogP contribution in [-0.2, 0) is 4.79 Å². The third-order valence-electron chi connectivity index (χ3n) is 2.25. The summed E-state index contributed by atoms with van der Waals surface area (Å²) >= 11 is 3.41. The Morgan fingerprint density at radius 1 is 1.54 bits per heavy atom. The highest BCUT2D eigenvalue weighted by molar-refractivity contribution is 9.10. The average molecular weight is 238 g/mol. The van der Waals surface area contributed by atoms with E-state index in [2.05, 4.69) is 33.1 Å². The molecule has 1 aromatic carbocycles. The van der Waals surface area contributed by atoms with Crippen LogP contribution in [0, 0.1) is 0 Å². The molecule has 1 aliphatic carbocycles. The number of nitrogens with zero attached hydrogens (tertiary/aromatic N) is 1. The van der Waals surface area contributed by atoms with Crippen molar-refractivity contribution < 1.29 is 4.79 Å². The van der Waals surface area contributed by atoms with Gasteiger partial charge >= 0.3 is 0 Å². The Morgan fingerprint density at radius 2 is 2.38 bits per heavy atom. The first-order valence-electron chi connectivity index (χ1n) is 4.13. The van der Waals surface area contributed by atoms with Gasteiger partial charge in [-0.05, 0) is 24.1 Å². The van der Waals surface area contributed by atoms with E-state index in [-0.39, 0.29) is 6.04 Å². The molecule has 2 atom stereocenters. The maximum absolute atomic E-state index is 10.00. The van der Waals surface area contributed by atoms with Gasteiger partial charge in [0.1, 0.15) is 0 Å². The van der Waals surface area contributed by atoms with Crippen LogP contribution in [0.5, 0.6) is 0 Å². The zero-order valence-electron chi connectivity index (χ0n) is 6.90. The zero-order chi connectivity index (χ0) is 9.26. The first-order valence-corrected chi connectivity index (χ1v) is 4.93. The number of aliphatic imine (C=N–C) groups is 1. The minimum absolute atomic E-state index is 0.173. The van der Waals surface area contributed by atoms with Crippen molar-refractivity contribution in [2.24, 2.45) is 4.99 Å². The predicted octanol–water partition coefficient (Wildman–Crippen LogP) is 2.64. The lowest BCUT2D eigenvalue weighted by Crippen LogP contribution is -1.84. The Labute approximate surface area is 84.8 Å². The van der Waals surface area contributed by atoms with Crippen LogP contribution < -0.4 is 0 Å². The minimum Gasteiger partial charge on any atom is -0.211 e. The number of carbonyl (C=O) groups excluding carboxylic acids is 1. The highest BCUT2D eigenvalue weighted by Crippen LogP contribution is 2.43. The lowest BCUT2D eigenvalue weighted by molar-refractivity contribution is 0.562. The second kappa shape index (κ2) is 3.44. The van der Waals surface area contributed by atoms with Gasteiger partial charge in [0.05, 0.1) is 6.04 Å². The molecule has 1 saturated carbocycles. The smallest absolute Gasteiger partial charge is 0.211 e. The van der Waals surface area contributed by atoms with Gasteiger partial charge in [0.15, 0.2) is 0 Å². The molecule has 0 spiro atoms. The van der Waals surface area contributed by atoms with E-state index >= 15 is 0 Å². The van der Waals surface area contributed by atoms with Gasteiger partial charge < -0.3 is 0 Å². The minimum atomic E-state index is 0.173. The van der Waals surface area contributed by atoms with Gasteiger partial charge in [-0.2, -0.15) is 0 Å². The van der Waals surface area contributed by atoms with Gasteiger partial charge in [0.2, 0.25) is 6.08 Å². The maximum atomic E-state index is 10.00. The molecule has 13 heavy (non-hydrogen) atoms. The molecule has 1 fully saturated rings. The quantitative estimate of drug-likeness (QED) is 0.575. The fourth-order valence-corrected chi connectivity index (χ4v) is 1.90. The van der Waals surface area contributed by atoms with E-state index in [0.717, 1.165) is 10.9 Å². The van der Waals surface area contributed by atoms with Crippen LogP contribution in [0.4, 0.5) is 0 Å². The van der Waals surface area contributed by atoms with Crippen LogP contribution >= 0.6 is 15.9 Å². The molecule has 0 heterocycles. The molecule has 0 saturated heterocycles. The van der Waals surface area contributed by atoms with Crippen molar-refractivity contribution in [3.05, 3.63) is 34.3 Å². The zero-order valence-corrected chi connectivity index (χ0v) is 8.49. The van der Waals surface area contributed by atoms with E-state index in [1.165, 1.54) is 5.56 Å². The van der Waals surface area contributed by atoms with Crippen molar-refractivity contribution in [2.45, 2.75) is 18.4 Å². The van der Waals surface area contributed by atoms with Crippen LogP contribution in [0.2, 0.25) is 0 Å². The van der Waals surface area contributed by atoms with Crippen molar-refractivity contribution in [3.8, 4) is 0 Å². The van der Waals surface area contributed by atoms with Crippen LogP contribution in [0.25, 0.3) is 0 Å². The highest BCUT2D eigenvalue weighted by atomic mass is 79.9. The van der Waals surface area contributed by atoms with E-state index in [1.807, 2.05) is 12.1 Å². The fraction of sp³-hybridized carbons (Fsp3) is 0.300. The number of isocyanates is 1. The number of benzene rings is 1. The van der Waals surface area contributed by atoms with Crippen molar-refractivity contribution in [1.29, 1.82) is 0 Å². The molecule has 0 bridgehead atoms. The SMILES string of the molecule is O=C=NC1CC1c1cccc(Br)c1. The Morgan fingerprint density at radius 3 is 3.08 bits per heavy atom. The molecule has 2 unspecified atom stereocenters. The van der Waals surface area contributed by atoms with E-state index in [4.69, 9.17) is 0 Å². The van der Waals surface area contributed by atoms with Crippen LogP contribution in [0.3, 0.4) is 0 Å². The van der Waals surface area contributed by atoms with Gasteiger partial charge in [-0.15, -0.1) is 0 Å². The Hall–Kier alpha value is -0.920. The van der Waals surface area contributed by atoms with Crippen LogP contribution in [0.1, 0.15) is 17.9 Å². The number of hydrogen-bond donors (Lipinski definition) is 0. The van der Waals surface area contributed by atoms with Gasteiger partial charge in [0, 0.05) is 10.4 Å². The maximum Gasteiger partial charge on any atom is 0.235 e. The largest absolute Gasteiger partial charge is 0.235 e. The summed E-state index contributed by atoms with van der Waals surface area (Å²) in [7, 11) is 0. The molecule has 3 heteroatoms. The molecule has 1 aromatic rings. The summed E-state index contributed by atoms with van der Waals surface area (Å²) in [5.41, 5.74) is 1.25. The highest BCUT2D eigenvalue weighted by Gasteiger charge is 2.38. The summed E-state index contributed by atoms with van der Waals surface area (Å²) in [6.07, 6.45) is 2.59. The van der Waals surface area contributed by atoms with E-state index in [1.54, 1.807) is 6.08 Å².